The maximum absolute atomic E-state index is 5.49. The van der Waals surface area contributed by atoms with Gasteiger partial charge in [-0.15, -0.1) is 10.2 Å². The van der Waals surface area contributed by atoms with Crippen molar-refractivity contribution in [1.82, 2.24) is 14.8 Å². The predicted molar refractivity (Wildman–Crippen MR) is 115 cm³/mol. The first-order chi connectivity index (χ1) is 14.0. The molecule has 2 heterocycles. The average Bonchev–Trinajstić information content (AvgIpc) is 3.19. The summed E-state index contributed by atoms with van der Waals surface area (Å²) in [6.07, 6.45) is 0.912. The van der Waals surface area contributed by atoms with Gasteiger partial charge in [-0.3, -0.25) is 0 Å². The molecule has 5 rings (SSSR count). The summed E-state index contributed by atoms with van der Waals surface area (Å²) in [6.45, 7) is 4.49. The lowest BCUT2D eigenvalue weighted by Gasteiger charge is -2.35. The minimum Gasteiger partial charge on any atom is -0.493 e. The molecule has 0 aliphatic carbocycles. The molecule has 0 saturated carbocycles. The number of methoxy groups -OCH3 is 2. The molecule has 0 amide bonds. The molecule has 1 aromatic heterocycles. The fourth-order valence-corrected chi connectivity index (χ4v) is 4.44. The Hall–Kier alpha value is -3.34. The highest BCUT2D eigenvalue weighted by molar-refractivity contribution is 5.92. The quantitative estimate of drug-likeness (QED) is 0.494. The van der Waals surface area contributed by atoms with E-state index in [4.69, 9.17) is 9.47 Å². The van der Waals surface area contributed by atoms with Crippen LogP contribution >= 0.6 is 0 Å². The normalized spacial score (nSPS) is 14.3. The fourth-order valence-electron chi connectivity index (χ4n) is 4.44. The maximum atomic E-state index is 5.49. The third-order valence-electron chi connectivity index (χ3n) is 5.80. The zero-order valence-electron chi connectivity index (χ0n) is 17.1. The standard InChI is InChI=1S/C24H23N3O2/c1-24(2)14-19-17-8-6-5-7-15(17)9-11-18(19)23-26-25-22(27(23)24)16-10-12-20(28-3)21(13-16)29-4/h5-13H,14H2,1-4H3. The number of rotatable bonds is 3. The summed E-state index contributed by atoms with van der Waals surface area (Å²) in [6, 6.07) is 18.8. The van der Waals surface area contributed by atoms with Crippen molar-refractivity contribution in [2.24, 2.45) is 0 Å². The van der Waals surface area contributed by atoms with E-state index in [1.807, 2.05) is 18.2 Å². The van der Waals surface area contributed by atoms with E-state index < -0.39 is 0 Å². The van der Waals surface area contributed by atoms with Crippen LogP contribution in [0.4, 0.5) is 0 Å². The van der Waals surface area contributed by atoms with Crippen molar-refractivity contribution >= 4 is 10.8 Å². The summed E-state index contributed by atoms with van der Waals surface area (Å²) >= 11 is 0. The Kier molecular flexibility index (Phi) is 3.88. The maximum Gasteiger partial charge on any atom is 0.165 e. The lowest BCUT2D eigenvalue weighted by molar-refractivity contribution is 0.350. The summed E-state index contributed by atoms with van der Waals surface area (Å²) < 4.78 is 13.1. The average molecular weight is 385 g/mol. The highest BCUT2D eigenvalue weighted by Gasteiger charge is 2.35. The summed E-state index contributed by atoms with van der Waals surface area (Å²) in [4.78, 5) is 0. The summed E-state index contributed by atoms with van der Waals surface area (Å²) in [5.74, 6) is 3.13. The largest absolute Gasteiger partial charge is 0.493 e. The molecule has 5 heteroatoms. The highest BCUT2D eigenvalue weighted by atomic mass is 16.5. The van der Waals surface area contributed by atoms with E-state index in [0.717, 1.165) is 29.2 Å². The van der Waals surface area contributed by atoms with Gasteiger partial charge in [-0.25, -0.2) is 0 Å². The number of nitrogens with zero attached hydrogens (tertiary/aromatic N) is 3. The van der Waals surface area contributed by atoms with Crippen LogP contribution in [0.2, 0.25) is 0 Å². The minimum atomic E-state index is -0.168. The second-order valence-corrected chi connectivity index (χ2v) is 8.05. The third-order valence-corrected chi connectivity index (χ3v) is 5.80. The van der Waals surface area contributed by atoms with Gasteiger partial charge in [0.1, 0.15) is 0 Å². The first kappa shape index (κ1) is 17.7. The van der Waals surface area contributed by atoms with E-state index >= 15 is 0 Å². The highest BCUT2D eigenvalue weighted by Crippen LogP contribution is 2.43. The van der Waals surface area contributed by atoms with Crippen LogP contribution in [-0.2, 0) is 12.0 Å². The molecular formula is C24H23N3O2. The Morgan fingerprint density at radius 1 is 0.862 bits per heavy atom. The van der Waals surface area contributed by atoms with Gasteiger partial charge < -0.3 is 14.0 Å². The molecule has 0 atom stereocenters. The molecular weight excluding hydrogens is 362 g/mol. The van der Waals surface area contributed by atoms with Crippen LogP contribution < -0.4 is 9.47 Å². The number of hydrogen-bond acceptors (Lipinski definition) is 4. The second-order valence-electron chi connectivity index (χ2n) is 8.05. The topological polar surface area (TPSA) is 49.2 Å². The van der Waals surface area contributed by atoms with Gasteiger partial charge in [0, 0.05) is 16.7 Å². The van der Waals surface area contributed by atoms with E-state index in [2.05, 4.69) is 65.0 Å². The second kappa shape index (κ2) is 6.34. The van der Waals surface area contributed by atoms with E-state index in [0.29, 0.717) is 11.5 Å². The van der Waals surface area contributed by atoms with Gasteiger partial charge in [-0.05, 0) is 54.8 Å². The monoisotopic (exact) mass is 385 g/mol. The van der Waals surface area contributed by atoms with Crippen molar-refractivity contribution in [3.63, 3.8) is 0 Å². The zero-order valence-corrected chi connectivity index (χ0v) is 17.1. The number of aromatic nitrogens is 3. The number of benzene rings is 3. The third kappa shape index (κ3) is 2.61. The summed E-state index contributed by atoms with van der Waals surface area (Å²) in [5.41, 5.74) is 3.28. The van der Waals surface area contributed by atoms with Crippen LogP contribution in [0.25, 0.3) is 33.5 Å². The first-order valence-electron chi connectivity index (χ1n) is 9.73. The van der Waals surface area contributed by atoms with Gasteiger partial charge in [0.25, 0.3) is 0 Å². The molecule has 0 saturated heterocycles. The lowest BCUT2D eigenvalue weighted by atomic mass is 9.84. The van der Waals surface area contributed by atoms with Gasteiger partial charge >= 0.3 is 0 Å². The molecule has 3 aromatic carbocycles. The minimum absolute atomic E-state index is 0.168. The van der Waals surface area contributed by atoms with E-state index in [1.54, 1.807) is 14.2 Å². The van der Waals surface area contributed by atoms with Gasteiger partial charge in [-0.1, -0.05) is 36.4 Å². The Bertz CT molecular complexity index is 1240. The number of ether oxygens (including phenoxy) is 2. The fraction of sp³-hybridized carbons (Fsp3) is 0.250. The molecule has 0 radical (unpaired) electrons. The van der Waals surface area contributed by atoms with Crippen LogP contribution in [0.1, 0.15) is 19.4 Å². The Morgan fingerprint density at radius 2 is 1.62 bits per heavy atom. The Morgan fingerprint density at radius 3 is 2.41 bits per heavy atom. The number of fused-ring (bicyclic) bond motifs is 5. The summed E-state index contributed by atoms with van der Waals surface area (Å²) in [7, 11) is 3.28. The van der Waals surface area contributed by atoms with Crippen LogP contribution in [0.5, 0.6) is 11.5 Å². The predicted octanol–water partition coefficient (Wildman–Crippen LogP) is 5.07. The lowest BCUT2D eigenvalue weighted by Crippen LogP contribution is -2.34. The van der Waals surface area contributed by atoms with Crippen LogP contribution in [0.3, 0.4) is 0 Å². The molecule has 5 nitrogen and oxygen atoms in total. The van der Waals surface area contributed by atoms with E-state index in [-0.39, 0.29) is 5.54 Å². The van der Waals surface area contributed by atoms with Crippen molar-refractivity contribution in [3.8, 4) is 34.3 Å². The van der Waals surface area contributed by atoms with E-state index in [1.165, 1.54) is 16.3 Å². The Balaban J connectivity index is 1.74. The molecule has 0 fully saturated rings. The van der Waals surface area contributed by atoms with Crippen LogP contribution in [-0.4, -0.2) is 29.0 Å². The smallest absolute Gasteiger partial charge is 0.165 e. The van der Waals surface area contributed by atoms with Gasteiger partial charge in [0.05, 0.1) is 14.2 Å². The summed E-state index contributed by atoms with van der Waals surface area (Å²) in [5, 5.41) is 11.8. The molecule has 1 aliphatic heterocycles. The number of hydrogen-bond donors (Lipinski definition) is 0. The van der Waals surface area contributed by atoms with Crippen LogP contribution in [0, 0.1) is 0 Å². The zero-order chi connectivity index (χ0) is 20.2. The molecule has 1 aliphatic rings. The molecule has 146 valence electrons. The van der Waals surface area contributed by atoms with Crippen molar-refractivity contribution < 1.29 is 9.47 Å². The Labute approximate surface area is 169 Å². The van der Waals surface area contributed by atoms with Gasteiger partial charge in [0.15, 0.2) is 23.1 Å². The van der Waals surface area contributed by atoms with Crippen molar-refractivity contribution in [1.29, 1.82) is 0 Å². The molecule has 0 spiro atoms. The SMILES string of the molecule is COc1ccc(-c2nnc3n2C(C)(C)Cc2c-3ccc3ccccc23)cc1OC. The van der Waals surface area contributed by atoms with Gasteiger partial charge in [-0.2, -0.15) is 0 Å². The molecule has 0 unspecified atom stereocenters. The van der Waals surface area contributed by atoms with Crippen molar-refractivity contribution in [2.45, 2.75) is 25.8 Å². The van der Waals surface area contributed by atoms with Crippen molar-refractivity contribution in [2.75, 3.05) is 14.2 Å². The molecule has 0 bridgehead atoms. The van der Waals surface area contributed by atoms with E-state index in [9.17, 15) is 0 Å². The molecule has 4 aromatic rings. The van der Waals surface area contributed by atoms with Gasteiger partial charge in [0.2, 0.25) is 0 Å². The van der Waals surface area contributed by atoms with Crippen molar-refractivity contribution in [3.05, 3.63) is 60.2 Å². The molecule has 29 heavy (non-hydrogen) atoms. The first-order valence-corrected chi connectivity index (χ1v) is 9.73. The molecule has 0 N–H and O–H groups in total. The van der Waals surface area contributed by atoms with Crippen LogP contribution in [0.15, 0.2) is 54.6 Å².